The predicted molar refractivity (Wildman–Crippen MR) is 115 cm³/mol. The summed E-state index contributed by atoms with van der Waals surface area (Å²) in [6.45, 7) is 0. The second kappa shape index (κ2) is 7.29. The number of benzene rings is 3. The zero-order chi connectivity index (χ0) is 20.0. The first-order valence-electron chi connectivity index (χ1n) is 9.34. The van der Waals surface area contributed by atoms with Crippen LogP contribution in [-0.4, -0.2) is 17.8 Å². The van der Waals surface area contributed by atoms with E-state index in [0.717, 1.165) is 40.3 Å². The Bertz CT molecular complexity index is 1120. The van der Waals surface area contributed by atoms with Crippen LogP contribution in [0.2, 0.25) is 10.0 Å². The van der Waals surface area contributed by atoms with Crippen molar-refractivity contribution < 1.29 is 9.47 Å². The van der Waals surface area contributed by atoms with Crippen LogP contribution in [0, 0.1) is 0 Å². The van der Waals surface area contributed by atoms with Gasteiger partial charge in [0.2, 0.25) is 6.23 Å². The Morgan fingerprint density at radius 1 is 1.00 bits per heavy atom. The molecule has 0 amide bonds. The molecular formula is C23H18Cl2N2O2. The molecule has 5 rings (SSSR count). The number of methoxy groups -OCH3 is 1. The van der Waals surface area contributed by atoms with Crippen molar-refractivity contribution in [3.63, 3.8) is 0 Å². The summed E-state index contributed by atoms with van der Waals surface area (Å²) < 4.78 is 11.7. The summed E-state index contributed by atoms with van der Waals surface area (Å²) in [6.07, 6.45) is 0.386. The summed E-state index contributed by atoms with van der Waals surface area (Å²) in [6, 6.07) is 21.4. The first kappa shape index (κ1) is 18.3. The van der Waals surface area contributed by atoms with Crippen molar-refractivity contribution in [1.29, 1.82) is 0 Å². The van der Waals surface area contributed by atoms with Gasteiger partial charge < -0.3 is 9.47 Å². The standard InChI is InChI=1S/C23H18Cl2N2O2/c1-28-18-7-3-4-14(11-18)20-13-21-19-12-17(25)8-9-22(19)29-23(27(21)26-20)15-5-2-6-16(24)10-15/h2-12,21,23H,13H2,1H3/t21-,23+/m1/s1. The van der Waals surface area contributed by atoms with Crippen molar-refractivity contribution in [1.82, 2.24) is 5.01 Å². The van der Waals surface area contributed by atoms with Gasteiger partial charge in [0.1, 0.15) is 11.5 Å². The third-order valence-electron chi connectivity index (χ3n) is 5.29. The number of fused-ring (bicyclic) bond motifs is 3. The van der Waals surface area contributed by atoms with Crippen LogP contribution in [0.5, 0.6) is 11.5 Å². The number of hydrazone groups is 1. The molecule has 0 fully saturated rings. The van der Waals surface area contributed by atoms with Crippen LogP contribution >= 0.6 is 23.2 Å². The summed E-state index contributed by atoms with van der Waals surface area (Å²) in [7, 11) is 1.67. The van der Waals surface area contributed by atoms with Crippen LogP contribution in [-0.2, 0) is 0 Å². The van der Waals surface area contributed by atoms with E-state index in [-0.39, 0.29) is 12.3 Å². The Morgan fingerprint density at radius 3 is 2.66 bits per heavy atom. The van der Waals surface area contributed by atoms with Crippen molar-refractivity contribution in [2.24, 2.45) is 5.10 Å². The van der Waals surface area contributed by atoms with Gasteiger partial charge in [-0.05, 0) is 42.5 Å². The normalized spacial score (nSPS) is 19.8. The van der Waals surface area contributed by atoms with Gasteiger partial charge in [-0.3, -0.25) is 0 Å². The van der Waals surface area contributed by atoms with E-state index in [2.05, 4.69) is 0 Å². The van der Waals surface area contributed by atoms with Gasteiger partial charge in [0, 0.05) is 33.2 Å². The molecule has 0 saturated carbocycles. The maximum absolute atomic E-state index is 6.35. The molecule has 4 nitrogen and oxygen atoms in total. The number of ether oxygens (including phenoxy) is 2. The van der Waals surface area contributed by atoms with Crippen LogP contribution in [0.1, 0.15) is 35.4 Å². The smallest absolute Gasteiger partial charge is 0.213 e. The second-order valence-electron chi connectivity index (χ2n) is 7.09. The van der Waals surface area contributed by atoms with Gasteiger partial charge in [0.25, 0.3) is 0 Å². The fourth-order valence-electron chi connectivity index (χ4n) is 3.92. The lowest BCUT2D eigenvalue weighted by atomic mass is 9.96. The second-order valence-corrected chi connectivity index (χ2v) is 7.96. The summed E-state index contributed by atoms with van der Waals surface area (Å²) in [4.78, 5) is 0. The summed E-state index contributed by atoms with van der Waals surface area (Å²) in [5.74, 6) is 1.63. The number of hydrogen-bond donors (Lipinski definition) is 0. The zero-order valence-corrected chi connectivity index (χ0v) is 17.2. The molecule has 3 aromatic rings. The lowest BCUT2D eigenvalue weighted by Gasteiger charge is -2.38. The summed E-state index contributed by atoms with van der Waals surface area (Å²) in [5.41, 5.74) is 4.01. The third-order valence-corrected chi connectivity index (χ3v) is 5.76. The van der Waals surface area contributed by atoms with E-state index in [1.165, 1.54) is 0 Å². The molecule has 2 aliphatic heterocycles. The molecule has 2 heterocycles. The molecule has 0 N–H and O–H groups in total. The minimum absolute atomic E-state index is 0.0302. The van der Waals surface area contributed by atoms with E-state index < -0.39 is 0 Å². The maximum Gasteiger partial charge on any atom is 0.213 e. The molecular weight excluding hydrogens is 407 g/mol. The molecule has 2 atom stereocenters. The van der Waals surface area contributed by atoms with E-state index in [4.69, 9.17) is 37.8 Å². The van der Waals surface area contributed by atoms with Gasteiger partial charge in [0.05, 0.1) is 18.9 Å². The lowest BCUT2D eigenvalue weighted by Crippen LogP contribution is -2.33. The van der Waals surface area contributed by atoms with Gasteiger partial charge in [-0.25, -0.2) is 5.01 Å². The quantitative estimate of drug-likeness (QED) is 0.498. The Kier molecular flexibility index (Phi) is 4.61. The molecule has 146 valence electrons. The topological polar surface area (TPSA) is 34.1 Å². The van der Waals surface area contributed by atoms with Crippen LogP contribution in [0.3, 0.4) is 0 Å². The van der Waals surface area contributed by atoms with Crippen LogP contribution < -0.4 is 9.47 Å². The monoisotopic (exact) mass is 424 g/mol. The van der Waals surface area contributed by atoms with Gasteiger partial charge in [-0.1, -0.05) is 47.5 Å². The van der Waals surface area contributed by atoms with E-state index in [0.29, 0.717) is 10.0 Å². The molecule has 2 aliphatic rings. The van der Waals surface area contributed by atoms with Crippen molar-refractivity contribution in [3.05, 3.63) is 93.5 Å². The average Bonchev–Trinajstić information content (AvgIpc) is 3.19. The number of nitrogens with zero attached hydrogens (tertiary/aromatic N) is 2. The van der Waals surface area contributed by atoms with Crippen molar-refractivity contribution in [3.8, 4) is 11.5 Å². The SMILES string of the molecule is COc1cccc(C2=NN3[C@H](C2)c2cc(Cl)ccc2O[C@H]3c2cccc(Cl)c2)c1. The zero-order valence-electron chi connectivity index (χ0n) is 15.7. The molecule has 3 aromatic carbocycles. The van der Waals surface area contributed by atoms with E-state index in [9.17, 15) is 0 Å². The molecule has 0 radical (unpaired) electrons. The molecule has 0 bridgehead atoms. The minimum Gasteiger partial charge on any atom is -0.497 e. The largest absolute Gasteiger partial charge is 0.497 e. The molecule has 0 aromatic heterocycles. The molecule has 0 unspecified atom stereocenters. The van der Waals surface area contributed by atoms with Crippen LogP contribution in [0.15, 0.2) is 71.8 Å². The van der Waals surface area contributed by atoms with Gasteiger partial charge in [-0.2, -0.15) is 5.10 Å². The highest BCUT2D eigenvalue weighted by atomic mass is 35.5. The van der Waals surface area contributed by atoms with Gasteiger partial charge >= 0.3 is 0 Å². The number of halogens is 2. The molecule has 0 spiro atoms. The Balaban J connectivity index is 1.60. The van der Waals surface area contributed by atoms with E-state index >= 15 is 0 Å². The lowest BCUT2D eigenvalue weighted by molar-refractivity contribution is -0.0190. The first-order chi connectivity index (χ1) is 14.1. The average molecular weight is 425 g/mol. The van der Waals surface area contributed by atoms with Crippen molar-refractivity contribution in [2.45, 2.75) is 18.7 Å². The fourth-order valence-corrected chi connectivity index (χ4v) is 4.29. The maximum atomic E-state index is 6.35. The summed E-state index contributed by atoms with van der Waals surface area (Å²) in [5, 5.41) is 8.32. The van der Waals surface area contributed by atoms with E-state index in [1.54, 1.807) is 7.11 Å². The van der Waals surface area contributed by atoms with Crippen LogP contribution in [0.4, 0.5) is 0 Å². The summed E-state index contributed by atoms with van der Waals surface area (Å²) >= 11 is 12.5. The van der Waals surface area contributed by atoms with Crippen LogP contribution in [0.25, 0.3) is 0 Å². The highest BCUT2D eigenvalue weighted by Gasteiger charge is 2.41. The Hall–Kier alpha value is -2.69. The molecule has 0 saturated heterocycles. The fraction of sp³-hybridized carbons (Fsp3) is 0.174. The van der Waals surface area contributed by atoms with Gasteiger partial charge in [0.15, 0.2) is 0 Å². The van der Waals surface area contributed by atoms with Crippen molar-refractivity contribution >= 4 is 28.9 Å². The highest BCUT2D eigenvalue weighted by Crippen LogP contribution is 2.48. The Labute approximate surface area is 179 Å². The Morgan fingerprint density at radius 2 is 1.83 bits per heavy atom. The molecule has 6 heteroatoms. The van der Waals surface area contributed by atoms with E-state index in [1.807, 2.05) is 71.7 Å². The van der Waals surface area contributed by atoms with Gasteiger partial charge in [-0.15, -0.1) is 0 Å². The molecule has 0 aliphatic carbocycles. The number of hydrogen-bond acceptors (Lipinski definition) is 4. The number of rotatable bonds is 3. The van der Waals surface area contributed by atoms with Crippen molar-refractivity contribution in [2.75, 3.05) is 7.11 Å². The highest BCUT2D eigenvalue weighted by molar-refractivity contribution is 6.31. The third kappa shape index (κ3) is 3.33. The first-order valence-corrected chi connectivity index (χ1v) is 10.1. The molecule has 29 heavy (non-hydrogen) atoms. The minimum atomic E-state index is -0.365. The predicted octanol–water partition coefficient (Wildman–Crippen LogP) is 6.24.